The quantitative estimate of drug-likeness (QED) is 0.598. The lowest BCUT2D eigenvalue weighted by Crippen LogP contribution is -2.34. The summed E-state index contributed by atoms with van der Waals surface area (Å²) in [7, 11) is 1.25. The number of amides is 1. The van der Waals surface area contributed by atoms with E-state index in [1.54, 1.807) is 20.8 Å². The molecule has 23 heavy (non-hydrogen) atoms. The number of carbonyl (C=O) groups is 2. The molecule has 134 valence electrons. The Morgan fingerprint density at radius 3 is 2.00 bits per heavy atom. The lowest BCUT2D eigenvalue weighted by molar-refractivity contribution is -0.133. The van der Waals surface area contributed by atoms with Crippen LogP contribution in [-0.4, -0.2) is 42.2 Å². The first-order valence-corrected chi connectivity index (χ1v) is 7.95. The van der Waals surface area contributed by atoms with Crippen LogP contribution >= 0.6 is 0 Å². The van der Waals surface area contributed by atoms with Crippen LogP contribution in [-0.2, 0) is 14.3 Å². The standard InChI is InChI=1S/C17H31NO5/c1-10(9-19)11(2)12(3)13(4)14(15(20)22-8)18-16(21)23-17(5,6)7/h10-13,19H,9H2,1-8H3. The zero-order valence-electron chi connectivity index (χ0n) is 15.5. The fraction of sp³-hybridized carbons (Fsp3) is 0.824. The second-order valence-electron chi connectivity index (χ2n) is 7.14. The van der Waals surface area contributed by atoms with E-state index < -0.39 is 17.7 Å². The monoisotopic (exact) mass is 329 g/mol. The van der Waals surface area contributed by atoms with Crippen molar-refractivity contribution in [2.75, 3.05) is 13.7 Å². The van der Waals surface area contributed by atoms with Crippen LogP contribution in [0.5, 0.6) is 0 Å². The lowest BCUT2D eigenvalue weighted by atomic mass is 9.77. The minimum Gasteiger partial charge on any atom is -0.465 e. The number of aliphatic hydroxyl groups excluding tert-OH is 1. The summed E-state index contributed by atoms with van der Waals surface area (Å²) in [5.74, 6) is -0.702. The van der Waals surface area contributed by atoms with E-state index in [4.69, 9.17) is 9.47 Å². The molecule has 0 saturated carbocycles. The first-order valence-electron chi connectivity index (χ1n) is 7.95. The van der Waals surface area contributed by atoms with Crippen LogP contribution in [0, 0.1) is 23.7 Å². The van der Waals surface area contributed by atoms with Gasteiger partial charge in [0.15, 0.2) is 0 Å². The predicted molar refractivity (Wildman–Crippen MR) is 89.4 cm³/mol. The van der Waals surface area contributed by atoms with E-state index in [2.05, 4.69) is 4.99 Å². The number of aliphatic hydroxyl groups is 1. The highest BCUT2D eigenvalue weighted by molar-refractivity contribution is 6.38. The van der Waals surface area contributed by atoms with Gasteiger partial charge in [-0.15, -0.1) is 0 Å². The second kappa shape index (κ2) is 9.01. The van der Waals surface area contributed by atoms with Gasteiger partial charge in [0.2, 0.25) is 0 Å². The highest BCUT2D eigenvalue weighted by Gasteiger charge is 2.31. The largest absolute Gasteiger partial charge is 0.465 e. The highest BCUT2D eigenvalue weighted by Crippen LogP contribution is 2.28. The van der Waals surface area contributed by atoms with Gasteiger partial charge in [-0.25, -0.2) is 9.59 Å². The van der Waals surface area contributed by atoms with Gasteiger partial charge in [0.25, 0.3) is 0 Å². The lowest BCUT2D eigenvalue weighted by Gasteiger charge is -2.29. The molecule has 4 atom stereocenters. The third kappa shape index (κ3) is 7.12. The first kappa shape index (κ1) is 21.6. The fourth-order valence-corrected chi connectivity index (χ4v) is 2.21. The molecule has 0 spiro atoms. The van der Waals surface area contributed by atoms with Gasteiger partial charge in [-0.1, -0.05) is 27.7 Å². The summed E-state index contributed by atoms with van der Waals surface area (Å²) in [6.45, 7) is 13.0. The number of esters is 1. The van der Waals surface area contributed by atoms with E-state index in [1.165, 1.54) is 7.11 Å². The Hall–Kier alpha value is -1.43. The van der Waals surface area contributed by atoms with E-state index >= 15 is 0 Å². The van der Waals surface area contributed by atoms with Gasteiger partial charge in [-0.3, -0.25) is 0 Å². The summed E-state index contributed by atoms with van der Waals surface area (Å²) in [6, 6.07) is 0. The molecule has 0 fully saturated rings. The molecule has 4 unspecified atom stereocenters. The van der Waals surface area contributed by atoms with E-state index in [0.717, 1.165) is 0 Å². The third-order valence-electron chi connectivity index (χ3n) is 4.23. The molecule has 0 bridgehead atoms. The topological polar surface area (TPSA) is 85.2 Å². The number of carbonyl (C=O) groups excluding carboxylic acids is 2. The van der Waals surface area contributed by atoms with Crippen molar-refractivity contribution in [1.29, 1.82) is 0 Å². The molecular formula is C17H31NO5. The minimum atomic E-state index is -0.806. The van der Waals surface area contributed by atoms with E-state index in [0.29, 0.717) is 0 Å². The Kier molecular flexibility index (Phi) is 8.45. The number of aliphatic imine (C=N–C) groups is 1. The van der Waals surface area contributed by atoms with E-state index in [-0.39, 0.29) is 36.0 Å². The van der Waals surface area contributed by atoms with Crippen LogP contribution in [0.15, 0.2) is 4.99 Å². The molecule has 1 N–H and O–H groups in total. The molecule has 0 aliphatic heterocycles. The van der Waals surface area contributed by atoms with E-state index in [1.807, 2.05) is 27.7 Å². The number of hydrogen-bond acceptors (Lipinski definition) is 5. The van der Waals surface area contributed by atoms with Crippen molar-refractivity contribution in [1.82, 2.24) is 0 Å². The summed E-state index contributed by atoms with van der Waals surface area (Å²) in [6.07, 6.45) is -0.806. The summed E-state index contributed by atoms with van der Waals surface area (Å²) >= 11 is 0. The summed E-state index contributed by atoms with van der Waals surface area (Å²) in [4.78, 5) is 27.8. The second-order valence-corrected chi connectivity index (χ2v) is 7.14. The summed E-state index contributed by atoms with van der Waals surface area (Å²) < 4.78 is 9.90. The molecule has 0 heterocycles. The molecular weight excluding hydrogens is 298 g/mol. The predicted octanol–water partition coefficient (Wildman–Crippen LogP) is 3.07. The van der Waals surface area contributed by atoms with Crippen LogP contribution in [0.4, 0.5) is 4.79 Å². The molecule has 0 aromatic carbocycles. The molecule has 0 aromatic rings. The molecule has 1 amide bonds. The van der Waals surface area contributed by atoms with Crippen molar-refractivity contribution in [2.24, 2.45) is 28.7 Å². The van der Waals surface area contributed by atoms with Gasteiger partial charge in [-0.05, 0) is 38.5 Å². The fourth-order valence-electron chi connectivity index (χ4n) is 2.21. The van der Waals surface area contributed by atoms with Crippen LogP contribution in [0.2, 0.25) is 0 Å². The zero-order valence-corrected chi connectivity index (χ0v) is 15.5. The van der Waals surface area contributed by atoms with Gasteiger partial charge < -0.3 is 14.6 Å². The van der Waals surface area contributed by atoms with Gasteiger partial charge in [0, 0.05) is 12.5 Å². The van der Waals surface area contributed by atoms with Crippen LogP contribution in [0.25, 0.3) is 0 Å². The van der Waals surface area contributed by atoms with Crippen molar-refractivity contribution < 1.29 is 24.2 Å². The minimum absolute atomic E-state index is 0.0254. The van der Waals surface area contributed by atoms with Crippen LogP contribution in [0.1, 0.15) is 48.5 Å². The van der Waals surface area contributed by atoms with Gasteiger partial charge in [0.1, 0.15) is 11.3 Å². The maximum Gasteiger partial charge on any atom is 0.434 e. The number of rotatable bonds is 6. The molecule has 0 rings (SSSR count). The Labute approximate surface area is 139 Å². The highest BCUT2D eigenvalue weighted by atomic mass is 16.6. The molecule has 0 radical (unpaired) electrons. The summed E-state index contributed by atoms with van der Waals surface area (Å²) in [5.41, 5.74) is -0.638. The smallest absolute Gasteiger partial charge is 0.434 e. The Morgan fingerprint density at radius 2 is 1.61 bits per heavy atom. The van der Waals surface area contributed by atoms with Crippen molar-refractivity contribution in [3.05, 3.63) is 0 Å². The Morgan fingerprint density at radius 1 is 1.09 bits per heavy atom. The average Bonchev–Trinajstić information content (AvgIpc) is 2.46. The van der Waals surface area contributed by atoms with Crippen LogP contribution < -0.4 is 0 Å². The average molecular weight is 329 g/mol. The zero-order chi connectivity index (χ0) is 18.4. The maximum atomic E-state index is 12.0. The Balaban J connectivity index is 5.39. The molecule has 0 aromatic heterocycles. The van der Waals surface area contributed by atoms with E-state index in [9.17, 15) is 14.7 Å². The molecule has 0 saturated heterocycles. The van der Waals surface area contributed by atoms with Crippen molar-refractivity contribution in [2.45, 2.75) is 54.1 Å². The normalized spacial score (nSPS) is 17.9. The SMILES string of the molecule is COC(=O)C(=NC(=O)OC(C)(C)C)C(C)C(C)C(C)C(C)CO. The first-order chi connectivity index (χ1) is 10.4. The maximum absolute atomic E-state index is 12.0. The van der Waals surface area contributed by atoms with Crippen molar-refractivity contribution in [3.8, 4) is 0 Å². The number of hydrogen-bond donors (Lipinski definition) is 1. The summed E-state index contributed by atoms with van der Waals surface area (Å²) in [5, 5.41) is 9.31. The third-order valence-corrected chi connectivity index (χ3v) is 4.23. The van der Waals surface area contributed by atoms with Crippen molar-refractivity contribution >= 4 is 17.8 Å². The van der Waals surface area contributed by atoms with Gasteiger partial charge >= 0.3 is 12.1 Å². The van der Waals surface area contributed by atoms with Crippen molar-refractivity contribution in [3.63, 3.8) is 0 Å². The number of nitrogens with zero attached hydrogens (tertiary/aromatic N) is 1. The van der Waals surface area contributed by atoms with Gasteiger partial charge in [-0.2, -0.15) is 4.99 Å². The molecule has 0 aliphatic rings. The number of ether oxygens (including phenoxy) is 2. The molecule has 6 heteroatoms. The number of methoxy groups -OCH3 is 1. The van der Waals surface area contributed by atoms with Crippen LogP contribution in [0.3, 0.4) is 0 Å². The molecule has 6 nitrogen and oxygen atoms in total. The molecule has 0 aliphatic carbocycles. The van der Waals surface area contributed by atoms with Gasteiger partial charge in [0.05, 0.1) is 7.11 Å². The Bertz CT molecular complexity index is 439.